The van der Waals surface area contributed by atoms with Gasteiger partial charge in [0, 0.05) is 13.2 Å². The van der Waals surface area contributed by atoms with Crippen molar-refractivity contribution in [2.75, 3.05) is 19.8 Å². The van der Waals surface area contributed by atoms with E-state index < -0.39 is 0 Å². The number of thiocarbonyl (C=S) groups is 1. The van der Waals surface area contributed by atoms with E-state index in [4.69, 9.17) is 22.8 Å². The first-order chi connectivity index (χ1) is 5.31. The summed E-state index contributed by atoms with van der Waals surface area (Å²) in [6.45, 7) is 4.22. The average Bonchev–Trinajstić information content (AvgIpc) is 2.04. The largest absolute Gasteiger partial charge is 0.380 e. The summed E-state index contributed by atoms with van der Waals surface area (Å²) in [5.74, 6) is 5.02. The lowest BCUT2D eigenvalue weighted by molar-refractivity contribution is 0.139. The van der Waals surface area contributed by atoms with Crippen LogP contribution >= 0.6 is 12.2 Å². The predicted octanol–water partition coefficient (Wildman–Crippen LogP) is -0.249. The molecule has 0 aliphatic heterocycles. The second-order valence-electron chi connectivity index (χ2n) is 2.01. The van der Waals surface area contributed by atoms with Crippen LogP contribution in [0.2, 0.25) is 0 Å². The van der Waals surface area contributed by atoms with E-state index >= 15 is 0 Å². The molecule has 11 heavy (non-hydrogen) atoms. The van der Waals surface area contributed by atoms with Gasteiger partial charge in [0.1, 0.15) is 0 Å². The number of hydrogen-bond acceptors (Lipinski definition) is 3. The lowest BCUT2D eigenvalue weighted by Crippen LogP contribution is -2.40. The number of ether oxygens (including phenoxy) is 1. The van der Waals surface area contributed by atoms with Crippen LogP contribution in [0.4, 0.5) is 0 Å². The zero-order chi connectivity index (χ0) is 8.53. The summed E-state index contributed by atoms with van der Waals surface area (Å²) < 4.78 is 5.19. The number of hydrogen-bond donors (Lipinski definition) is 3. The van der Waals surface area contributed by atoms with Crippen LogP contribution in [0.1, 0.15) is 13.3 Å². The Morgan fingerprint density at radius 1 is 1.55 bits per heavy atom. The Balaban J connectivity index is 2.95. The van der Waals surface area contributed by atoms with E-state index in [1.165, 1.54) is 0 Å². The second kappa shape index (κ2) is 7.71. The Hall–Kier alpha value is -0.390. The van der Waals surface area contributed by atoms with Gasteiger partial charge in [0.05, 0.1) is 6.61 Å². The van der Waals surface area contributed by atoms with Crippen LogP contribution in [0.15, 0.2) is 0 Å². The first-order valence-corrected chi connectivity index (χ1v) is 4.04. The molecule has 0 aromatic carbocycles. The number of nitrogens with two attached hydrogens (primary N) is 1. The van der Waals surface area contributed by atoms with Crippen LogP contribution in [-0.4, -0.2) is 24.9 Å². The molecule has 0 aliphatic carbocycles. The predicted molar refractivity (Wildman–Crippen MR) is 49.0 cm³/mol. The summed E-state index contributed by atoms with van der Waals surface area (Å²) in [6, 6.07) is 0. The first kappa shape index (κ1) is 10.6. The van der Waals surface area contributed by atoms with Gasteiger partial charge in [-0.15, -0.1) is 0 Å². The third-order valence-corrected chi connectivity index (χ3v) is 1.27. The van der Waals surface area contributed by atoms with Crippen LogP contribution in [0, 0.1) is 0 Å². The smallest absolute Gasteiger partial charge is 0.180 e. The monoisotopic (exact) mass is 177 g/mol. The van der Waals surface area contributed by atoms with Crippen molar-refractivity contribution in [2.45, 2.75) is 13.3 Å². The molecule has 0 radical (unpaired) electrons. The summed E-state index contributed by atoms with van der Waals surface area (Å²) in [5.41, 5.74) is 2.32. The molecule has 0 atom stereocenters. The van der Waals surface area contributed by atoms with Gasteiger partial charge in [-0.05, 0) is 18.6 Å². The Bertz CT molecular complexity index is 110. The van der Waals surface area contributed by atoms with E-state index in [0.717, 1.165) is 13.0 Å². The summed E-state index contributed by atoms with van der Waals surface area (Å²) in [7, 11) is 0. The zero-order valence-electron chi connectivity index (χ0n) is 6.72. The van der Waals surface area contributed by atoms with Crippen molar-refractivity contribution in [1.82, 2.24) is 10.7 Å². The highest BCUT2D eigenvalue weighted by Gasteiger charge is 1.89. The third-order valence-electron chi connectivity index (χ3n) is 1.01. The molecule has 0 saturated carbocycles. The summed E-state index contributed by atoms with van der Waals surface area (Å²) in [5, 5.41) is 3.31. The van der Waals surface area contributed by atoms with E-state index in [1.807, 2.05) is 0 Å². The summed E-state index contributed by atoms with van der Waals surface area (Å²) in [6.07, 6.45) is 1.04. The Morgan fingerprint density at radius 3 is 2.82 bits per heavy atom. The summed E-state index contributed by atoms with van der Waals surface area (Å²) in [4.78, 5) is 0. The fourth-order valence-electron chi connectivity index (χ4n) is 0.534. The lowest BCUT2D eigenvalue weighted by atomic mass is 10.5. The molecule has 0 bridgehead atoms. The molecule has 0 heterocycles. The standard InChI is InChI=1S/C6H15N3OS/c1-2-4-10-5-3-8-6(11)9-7/h2-5,7H2,1H3,(H2,8,9,11). The van der Waals surface area contributed by atoms with Crippen LogP contribution in [0.25, 0.3) is 0 Å². The van der Waals surface area contributed by atoms with E-state index in [2.05, 4.69) is 17.7 Å². The van der Waals surface area contributed by atoms with Gasteiger partial charge in [0.2, 0.25) is 0 Å². The van der Waals surface area contributed by atoms with Crippen molar-refractivity contribution in [3.05, 3.63) is 0 Å². The fourth-order valence-corrected chi connectivity index (χ4v) is 0.636. The van der Waals surface area contributed by atoms with E-state index in [0.29, 0.717) is 18.3 Å². The van der Waals surface area contributed by atoms with E-state index in [9.17, 15) is 0 Å². The van der Waals surface area contributed by atoms with Crippen LogP contribution in [-0.2, 0) is 4.74 Å². The molecule has 5 heteroatoms. The molecular formula is C6H15N3OS. The maximum atomic E-state index is 5.19. The number of nitrogens with one attached hydrogen (secondary N) is 2. The van der Waals surface area contributed by atoms with E-state index in [1.54, 1.807) is 0 Å². The van der Waals surface area contributed by atoms with Gasteiger partial charge < -0.3 is 15.5 Å². The SMILES string of the molecule is CCCOCCNC(=S)NN. The molecule has 0 fully saturated rings. The molecule has 66 valence electrons. The van der Waals surface area contributed by atoms with Crippen molar-refractivity contribution >= 4 is 17.3 Å². The van der Waals surface area contributed by atoms with E-state index in [-0.39, 0.29) is 0 Å². The Labute approximate surface area is 72.4 Å². The molecular weight excluding hydrogens is 162 g/mol. The van der Waals surface area contributed by atoms with Crippen LogP contribution < -0.4 is 16.6 Å². The van der Waals surface area contributed by atoms with Gasteiger partial charge in [-0.25, -0.2) is 5.84 Å². The van der Waals surface area contributed by atoms with Gasteiger partial charge in [-0.2, -0.15) is 0 Å². The highest BCUT2D eigenvalue weighted by molar-refractivity contribution is 7.80. The molecule has 4 nitrogen and oxygen atoms in total. The van der Waals surface area contributed by atoms with Crippen molar-refractivity contribution in [3.8, 4) is 0 Å². The second-order valence-corrected chi connectivity index (χ2v) is 2.42. The lowest BCUT2D eigenvalue weighted by Gasteiger charge is -2.06. The highest BCUT2D eigenvalue weighted by atomic mass is 32.1. The van der Waals surface area contributed by atoms with Gasteiger partial charge in [0.25, 0.3) is 0 Å². The van der Waals surface area contributed by atoms with Crippen molar-refractivity contribution in [3.63, 3.8) is 0 Å². The number of rotatable bonds is 5. The normalized spacial score (nSPS) is 9.27. The first-order valence-electron chi connectivity index (χ1n) is 3.63. The van der Waals surface area contributed by atoms with Crippen molar-refractivity contribution in [1.29, 1.82) is 0 Å². The minimum absolute atomic E-state index is 0.449. The van der Waals surface area contributed by atoms with Crippen molar-refractivity contribution < 1.29 is 4.74 Å². The minimum Gasteiger partial charge on any atom is -0.380 e. The molecule has 0 amide bonds. The highest BCUT2D eigenvalue weighted by Crippen LogP contribution is 1.77. The fraction of sp³-hybridized carbons (Fsp3) is 0.833. The van der Waals surface area contributed by atoms with Crippen molar-refractivity contribution in [2.24, 2.45) is 5.84 Å². The van der Waals surface area contributed by atoms with Crippen LogP contribution in [0.3, 0.4) is 0 Å². The van der Waals surface area contributed by atoms with Crippen LogP contribution in [0.5, 0.6) is 0 Å². The third kappa shape index (κ3) is 7.51. The molecule has 0 aromatic heterocycles. The average molecular weight is 177 g/mol. The molecule has 0 aliphatic rings. The van der Waals surface area contributed by atoms with Gasteiger partial charge in [-0.1, -0.05) is 6.92 Å². The Morgan fingerprint density at radius 2 is 2.27 bits per heavy atom. The van der Waals surface area contributed by atoms with Gasteiger partial charge in [-0.3, -0.25) is 0 Å². The molecule has 0 spiro atoms. The minimum atomic E-state index is 0.449. The molecule has 0 rings (SSSR count). The molecule has 0 saturated heterocycles. The maximum Gasteiger partial charge on any atom is 0.180 e. The summed E-state index contributed by atoms with van der Waals surface area (Å²) >= 11 is 4.73. The van der Waals surface area contributed by atoms with Gasteiger partial charge >= 0.3 is 0 Å². The zero-order valence-corrected chi connectivity index (χ0v) is 7.54. The topological polar surface area (TPSA) is 59.3 Å². The maximum absolute atomic E-state index is 5.19. The van der Waals surface area contributed by atoms with Gasteiger partial charge in [0.15, 0.2) is 5.11 Å². The molecule has 0 unspecified atom stereocenters. The quantitative estimate of drug-likeness (QED) is 0.234. The Kier molecular flexibility index (Phi) is 7.44. The number of hydrazine groups is 1. The molecule has 0 aromatic rings. The molecule has 4 N–H and O–H groups in total.